The molecule has 0 heterocycles. The van der Waals surface area contributed by atoms with Gasteiger partial charge in [-0.15, -0.1) is 0 Å². The van der Waals surface area contributed by atoms with Gasteiger partial charge in [-0.2, -0.15) is 0 Å². The van der Waals surface area contributed by atoms with Crippen LogP contribution in [0.2, 0.25) is 0 Å². The number of benzene rings is 3. The van der Waals surface area contributed by atoms with Gasteiger partial charge in [-0.25, -0.2) is 13.1 Å². The molecule has 3 rings (SSSR count). The fraction of sp³-hybridized carbons (Fsp3) is 0.105. The predicted octanol–water partition coefficient (Wildman–Crippen LogP) is 2.93. The third-order valence-corrected chi connectivity index (χ3v) is 5.33. The number of nitrogens with one attached hydrogen (secondary N) is 2. The molecular weight excluding hydrogens is 336 g/mol. The lowest BCUT2D eigenvalue weighted by Crippen LogP contribution is -2.18. The van der Waals surface area contributed by atoms with Crippen molar-refractivity contribution in [1.82, 2.24) is 4.72 Å². The first kappa shape index (κ1) is 17.1. The lowest BCUT2D eigenvalue weighted by molar-refractivity contribution is -0.115. The second-order valence-electron chi connectivity index (χ2n) is 5.64. The lowest BCUT2D eigenvalue weighted by atomic mass is 10.0. The molecule has 1 amide bonds. The average molecular weight is 354 g/mol. The highest BCUT2D eigenvalue weighted by Gasteiger charge is 2.11. The van der Waals surface area contributed by atoms with Gasteiger partial charge in [-0.1, -0.05) is 42.5 Å². The van der Waals surface area contributed by atoms with Gasteiger partial charge < -0.3 is 5.32 Å². The first-order valence-corrected chi connectivity index (χ1v) is 9.27. The maximum absolute atomic E-state index is 12.2. The molecule has 0 unspecified atom stereocenters. The third-order valence-electron chi connectivity index (χ3n) is 3.90. The Bertz CT molecular complexity index is 1010. The first-order chi connectivity index (χ1) is 12.0. The number of carbonyl (C=O) groups excluding carboxylic acids is 1. The van der Waals surface area contributed by atoms with Crippen molar-refractivity contribution in [2.24, 2.45) is 0 Å². The zero-order chi connectivity index (χ0) is 17.9. The Kier molecular flexibility index (Phi) is 4.83. The molecule has 0 spiro atoms. The van der Waals surface area contributed by atoms with E-state index < -0.39 is 10.0 Å². The van der Waals surface area contributed by atoms with Crippen molar-refractivity contribution >= 4 is 32.4 Å². The third kappa shape index (κ3) is 4.04. The average Bonchev–Trinajstić information content (AvgIpc) is 2.62. The number of hydrogen-bond donors (Lipinski definition) is 2. The number of anilines is 1. The molecule has 3 aromatic rings. The maximum Gasteiger partial charge on any atom is 0.240 e. The van der Waals surface area contributed by atoms with Gasteiger partial charge in [-0.05, 0) is 47.6 Å². The van der Waals surface area contributed by atoms with E-state index in [1.807, 2.05) is 42.5 Å². The minimum atomic E-state index is -3.48. The normalized spacial score (nSPS) is 11.4. The molecule has 0 radical (unpaired) electrons. The topological polar surface area (TPSA) is 75.3 Å². The van der Waals surface area contributed by atoms with Gasteiger partial charge in [0.2, 0.25) is 15.9 Å². The van der Waals surface area contributed by atoms with Crippen LogP contribution in [0.4, 0.5) is 5.69 Å². The van der Waals surface area contributed by atoms with Gasteiger partial charge >= 0.3 is 0 Å². The Balaban J connectivity index is 1.69. The van der Waals surface area contributed by atoms with Gasteiger partial charge in [0.1, 0.15) is 0 Å². The van der Waals surface area contributed by atoms with Gasteiger partial charge in [0.25, 0.3) is 0 Å². The van der Waals surface area contributed by atoms with E-state index in [4.69, 9.17) is 0 Å². The fourth-order valence-corrected chi connectivity index (χ4v) is 3.30. The highest BCUT2D eigenvalue weighted by molar-refractivity contribution is 7.89. The summed E-state index contributed by atoms with van der Waals surface area (Å²) in [7, 11) is -2.12. The van der Waals surface area contributed by atoms with Gasteiger partial charge in [-0.3, -0.25) is 4.79 Å². The Morgan fingerprint density at radius 2 is 1.60 bits per heavy atom. The molecule has 0 aliphatic rings. The molecule has 0 aliphatic heterocycles. The van der Waals surface area contributed by atoms with Crippen LogP contribution < -0.4 is 10.0 Å². The smallest absolute Gasteiger partial charge is 0.240 e. The quantitative estimate of drug-likeness (QED) is 0.740. The number of rotatable bonds is 5. The Hall–Kier alpha value is -2.70. The molecule has 0 bridgehead atoms. The Labute approximate surface area is 146 Å². The number of hydrogen-bond acceptors (Lipinski definition) is 3. The number of carbonyl (C=O) groups is 1. The van der Waals surface area contributed by atoms with Crippen LogP contribution in [0.5, 0.6) is 0 Å². The van der Waals surface area contributed by atoms with E-state index in [-0.39, 0.29) is 17.2 Å². The summed E-state index contributed by atoms with van der Waals surface area (Å²) < 4.78 is 25.6. The summed E-state index contributed by atoms with van der Waals surface area (Å²) in [6.07, 6.45) is 0.251. The number of sulfonamides is 1. The van der Waals surface area contributed by atoms with Crippen LogP contribution in [-0.2, 0) is 21.2 Å². The second kappa shape index (κ2) is 7.04. The summed E-state index contributed by atoms with van der Waals surface area (Å²) in [5.74, 6) is -0.153. The summed E-state index contributed by atoms with van der Waals surface area (Å²) in [5.41, 5.74) is 1.48. The van der Waals surface area contributed by atoms with Crippen molar-refractivity contribution in [2.45, 2.75) is 11.3 Å². The summed E-state index contributed by atoms with van der Waals surface area (Å²) in [6, 6.07) is 20.0. The molecule has 0 saturated carbocycles. The predicted molar refractivity (Wildman–Crippen MR) is 99.0 cm³/mol. The first-order valence-electron chi connectivity index (χ1n) is 7.79. The van der Waals surface area contributed by atoms with Crippen LogP contribution in [0.15, 0.2) is 71.6 Å². The molecular formula is C19H18N2O3S. The van der Waals surface area contributed by atoms with E-state index in [1.54, 1.807) is 12.1 Å². The summed E-state index contributed by atoms with van der Waals surface area (Å²) in [6.45, 7) is 0. The van der Waals surface area contributed by atoms with Crippen LogP contribution in [0.1, 0.15) is 5.56 Å². The molecule has 0 saturated heterocycles. The maximum atomic E-state index is 12.2. The van der Waals surface area contributed by atoms with Crippen molar-refractivity contribution in [2.75, 3.05) is 12.4 Å². The number of amides is 1. The van der Waals surface area contributed by atoms with Gasteiger partial charge in [0, 0.05) is 5.69 Å². The van der Waals surface area contributed by atoms with Crippen molar-refractivity contribution in [3.05, 3.63) is 72.3 Å². The van der Waals surface area contributed by atoms with Crippen molar-refractivity contribution in [3.63, 3.8) is 0 Å². The zero-order valence-corrected chi connectivity index (χ0v) is 14.5. The van der Waals surface area contributed by atoms with Gasteiger partial charge in [0.05, 0.1) is 11.3 Å². The van der Waals surface area contributed by atoms with E-state index in [0.717, 1.165) is 16.3 Å². The van der Waals surface area contributed by atoms with Crippen molar-refractivity contribution in [1.29, 1.82) is 0 Å². The zero-order valence-electron chi connectivity index (χ0n) is 13.7. The fourth-order valence-electron chi connectivity index (χ4n) is 2.57. The molecule has 3 aromatic carbocycles. The van der Waals surface area contributed by atoms with E-state index in [1.165, 1.54) is 19.2 Å². The molecule has 6 heteroatoms. The highest BCUT2D eigenvalue weighted by atomic mass is 32.2. The standard InChI is InChI=1S/C19H18N2O3S/c1-20-25(23,24)18-10-8-17(9-11-18)21-19(22)13-14-6-7-15-4-2-3-5-16(15)12-14/h2-12,20H,13H2,1H3,(H,21,22). The van der Waals surface area contributed by atoms with Gasteiger partial charge in [0.15, 0.2) is 0 Å². The van der Waals surface area contributed by atoms with Crippen LogP contribution >= 0.6 is 0 Å². The highest BCUT2D eigenvalue weighted by Crippen LogP contribution is 2.17. The number of fused-ring (bicyclic) bond motifs is 1. The largest absolute Gasteiger partial charge is 0.326 e. The van der Waals surface area contributed by atoms with E-state index >= 15 is 0 Å². The summed E-state index contributed by atoms with van der Waals surface area (Å²) in [4.78, 5) is 12.4. The minimum absolute atomic E-state index is 0.153. The molecule has 128 valence electrons. The molecule has 0 atom stereocenters. The molecule has 0 fully saturated rings. The molecule has 25 heavy (non-hydrogen) atoms. The second-order valence-corrected chi connectivity index (χ2v) is 7.52. The molecule has 0 aliphatic carbocycles. The Morgan fingerprint density at radius 3 is 2.28 bits per heavy atom. The van der Waals surface area contributed by atoms with Crippen LogP contribution in [0.25, 0.3) is 10.8 Å². The summed E-state index contributed by atoms with van der Waals surface area (Å²) >= 11 is 0. The SMILES string of the molecule is CNS(=O)(=O)c1ccc(NC(=O)Cc2ccc3ccccc3c2)cc1. The van der Waals surface area contributed by atoms with Crippen LogP contribution in [0, 0.1) is 0 Å². The lowest BCUT2D eigenvalue weighted by Gasteiger charge is -2.08. The van der Waals surface area contributed by atoms with Crippen molar-refractivity contribution < 1.29 is 13.2 Å². The van der Waals surface area contributed by atoms with Crippen LogP contribution in [0.3, 0.4) is 0 Å². The summed E-state index contributed by atoms with van der Waals surface area (Å²) in [5, 5.41) is 5.01. The molecule has 2 N–H and O–H groups in total. The monoisotopic (exact) mass is 354 g/mol. The van der Waals surface area contributed by atoms with E-state index in [2.05, 4.69) is 10.0 Å². The molecule has 0 aromatic heterocycles. The van der Waals surface area contributed by atoms with E-state index in [9.17, 15) is 13.2 Å². The minimum Gasteiger partial charge on any atom is -0.326 e. The van der Waals surface area contributed by atoms with E-state index in [0.29, 0.717) is 5.69 Å². The Morgan fingerprint density at radius 1 is 0.920 bits per heavy atom. The van der Waals surface area contributed by atoms with Crippen LogP contribution in [-0.4, -0.2) is 21.4 Å². The van der Waals surface area contributed by atoms with Crippen molar-refractivity contribution in [3.8, 4) is 0 Å². The molecule has 5 nitrogen and oxygen atoms in total.